The summed E-state index contributed by atoms with van der Waals surface area (Å²) in [5.74, 6) is -0.508. The van der Waals surface area contributed by atoms with Crippen LogP contribution in [-0.4, -0.2) is 14.6 Å². The zero-order valence-electron chi connectivity index (χ0n) is 11.1. The van der Waals surface area contributed by atoms with Gasteiger partial charge in [0.15, 0.2) is 10.8 Å². The van der Waals surface area contributed by atoms with Crippen molar-refractivity contribution in [2.45, 2.75) is 19.3 Å². The average molecular weight is 324 g/mol. The van der Waals surface area contributed by atoms with Gasteiger partial charge in [0.2, 0.25) is 5.95 Å². The summed E-state index contributed by atoms with van der Waals surface area (Å²) in [5.41, 5.74) is 2.63. The summed E-state index contributed by atoms with van der Waals surface area (Å²) in [6, 6.07) is 9.51. The van der Waals surface area contributed by atoms with E-state index in [4.69, 9.17) is 23.2 Å². The van der Waals surface area contributed by atoms with Crippen LogP contribution in [0.3, 0.4) is 0 Å². The maximum Gasteiger partial charge on any atom is 0.234 e. The largest absolute Gasteiger partial charge is 0.234 e. The number of hydrogen-bond donors (Lipinski definition) is 0. The standard InChI is InChI=1S/C15H12Cl2FN3/c16-12-6-4-10(5-7-12)2-1-3-11-8-13(17)20-21-14(18)9-19-15(11)21/h4-9H,1-3H2. The molecule has 6 heteroatoms. The van der Waals surface area contributed by atoms with Gasteiger partial charge in [-0.05, 0) is 43.0 Å². The van der Waals surface area contributed by atoms with E-state index in [9.17, 15) is 4.39 Å². The van der Waals surface area contributed by atoms with E-state index in [0.717, 1.165) is 40.6 Å². The van der Waals surface area contributed by atoms with Crippen LogP contribution in [0.25, 0.3) is 5.65 Å². The first kappa shape index (κ1) is 14.3. The van der Waals surface area contributed by atoms with E-state index in [1.807, 2.05) is 24.3 Å². The van der Waals surface area contributed by atoms with Gasteiger partial charge in [-0.25, -0.2) is 4.98 Å². The lowest BCUT2D eigenvalue weighted by atomic mass is 10.1. The second-order valence-electron chi connectivity index (χ2n) is 4.79. The molecule has 0 atom stereocenters. The maximum absolute atomic E-state index is 13.5. The zero-order chi connectivity index (χ0) is 14.8. The number of rotatable bonds is 4. The number of nitrogens with zero attached hydrogens (tertiary/aromatic N) is 3. The van der Waals surface area contributed by atoms with Crippen LogP contribution < -0.4 is 0 Å². The molecule has 0 N–H and O–H groups in total. The third kappa shape index (κ3) is 3.17. The lowest BCUT2D eigenvalue weighted by molar-refractivity contribution is 0.548. The van der Waals surface area contributed by atoms with Crippen molar-refractivity contribution in [2.24, 2.45) is 0 Å². The molecule has 0 radical (unpaired) electrons. The molecule has 1 aromatic carbocycles. The SMILES string of the molecule is Fc1cnc2c(CCCc3ccc(Cl)cc3)cc(Cl)nn12. The molecule has 3 aromatic rings. The van der Waals surface area contributed by atoms with Gasteiger partial charge in [0.25, 0.3) is 0 Å². The molecule has 0 unspecified atom stereocenters. The van der Waals surface area contributed by atoms with Crippen molar-refractivity contribution < 1.29 is 4.39 Å². The Hall–Kier alpha value is -1.65. The molecule has 3 nitrogen and oxygen atoms in total. The van der Waals surface area contributed by atoms with Gasteiger partial charge in [-0.1, -0.05) is 35.3 Å². The van der Waals surface area contributed by atoms with Gasteiger partial charge in [-0.3, -0.25) is 0 Å². The Morgan fingerprint density at radius 2 is 1.86 bits per heavy atom. The normalized spacial score (nSPS) is 11.2. The Balaban J connectivity index is 1.74. The molecule has 0 aliphatic rings. The summed E-state index contributed by atoms with van der Waals surface area (Å²) >= 11 is 11.8. The third-order valence-electron chi connectivity index (χ3n) is 3.30. The summed E-state index contributed by atoms with van der Waals surface area (Å²) in [6.07, 6.45) is 3.73. The van der Waals surface area contributed by atoms with Crippen LogP contribution in [0, 0.1) is 5.95 Å². The molecule has 3 rings (SSSR count). The van der Waals surface area contributed by atoms with Crippen molar-refractivity contribution in [2.75, 3.05) is 0 Å². The lowest BCUT2D eigenvalue weighted by Gasteiger charge is -2.05. The molecule has 2 heterocycles. The zero-order valence-corrected chi connectivity index (χ0v) is 12.6. The summed E-state index contributed by atoms with van der Waals surface area (Å²) < 4.78 is 14.6. The van der Waals surface area contributed by atoms with Crippen molar-refractivity contribution >= 4 is 28.8 Å². The summed E-state index contributed by atoms with van der Waals surface area (Å²) in [6.45, 7) is 0. The first-order chi connectivity index (χ1) is 10.1. The highest BCUT2D eigenvalue weighted by molar-refractivity contribution is 6.30. The summed E-state index contributed by atoms with van der Waals surface area (Å²) in [7, 11) is 0. The van der Waals surface area contributed by atoms with Gasteiger partial charge in [0.05, 0.1) is 6.20 Å². The molecule has 108 valence electrons. The monoisotopic (exact) mass is 323 g/mol. The van der Waals surface area contributed by atoms with Crippen LogP contribution in [0.5, 0.6) is 0 Å². The highest BCUT2D eigenvalue weighted by Crippen LogP contribution is 2.18. The van der Waals surface area contributed by atoms with Gasteiger partial charge in [0, 0.05) is 10.6 Å². The molecular weight excluding hydrogens is 312 g/mol. The van der Waals surface area contributed by atoms with Crippen LogP contribution in [0.15, 0.2) is 36.5 Å². The Bertz CT molecular complexity index is 768. The van der Waals surface area contributed by atoms with E-state index < -0.39 is 5.95 Å². The molecular formula is C15H12Cl2FN3. The van der Waals surface area contributed by atoms with Gasteiger partial charge in [-0.2, -0.15) is 14.0 Å². The fourth-order valence-corrected chi connectivity index (χ4v) is 2.62. The molecule has 0 aliphatic heterocycles. The smallest absolute Gasteiger partial charge is 0.232 e. The van der Waals surface area contributed by atoms with Crippen LogP contribution in [-0.2, 0) is 12.8 Å². The van der Waals surface area contributed by atoms with Gasteiger partial charge in [-0.15, -0.1) is 0 Å². The van der Waals surface area contributed by atoms with Crippen molar-refractivity contribution in [3.63, 3.8) is 0 Å². The summed E-state index contributed by atoms with van der Waals surface area (Å²) in [4.78, 5) is 4.05. The Morgan fingerprint density at radius 1 is 1.10 bits per heavy atom. The predicted molar refractivity (Wildman–Crippen MR) is 81.4 cm³/mol. The minimum Gasteiger partial charge on any atom is -0.232 e. The molecule has 0 saturated heterocycles. The number of aryl methyl sites for hydroxylation is 2. The van der Waals surface area contributed by atoms with E-state index >= 15 is 0 Å². The highest BCUT2D eigenvalue weighted by atomic mass is 35.5. The van der Waals surface area contributed by atoms with Crippen molar-refractivity contribution in [3.05, 3.63) is 63.8 Å². The second kappa shape index (κ2) is 6.00. The Labute approximate surface area is 131 Å². The van der Waals surface area contributed by atoms with Crippen LogP contribution in [0.2, 0.25) is 10.2 Å². The number of benzene rings is 1. The molecule has 21 heavy (non-hydrogen) atoms. The van der Waals surface area contributed by atoms with Crippen LogP contribution in [0.1, 0.15) is 17.5 Å². The van der Waals surface area contributed by atoms with Gasteiger partial charge >= 0.3 is 0 Å². The van der Waals surface area contributed by atoms with Crippen molar-refractivity contribution in [3.8, 4) is 0 Å². The maximum atomic E-state index is 13.5. The van der Waals surface area contributed by atoms with Gasteiger partial charge in [0.1, 0.15) is 0 Å². The Kier molecular flexibility index (Phi) is 4.08. The number of aromatic nitrogens is 3. The lowest BCUT2D eigenvalue weighted by Crippen LogP contribution is -2.00. The van der Waals surface area contributed by atoms with E-state index in [1.54, 1.807) is 6.07 Å². The topological polar surface area (TPSA) is 30.2 Å². The third-order valence-corrected chi connectivity index (χ3v) is 3.73. The quantitative estimate of drug-likeness (QED) is 0.714. The number of imidazole rings is 1. The van der Waals surface area contributed by atoms with E-state index in [1.165, 1.54) is 5.56 Å². The van der Waals surface area contributed by atoms with Crippen LogP contribution >= 0.6 is 23.2 Å². The molecule has 0 fully saturated rings. The van der Waals surface area contributed by atoms with E-state index in [0.29, 0.717) is 5.65 Å². The first-order valence-electron chi connectivity index (χ1n) is 6.56. The fraction of sp³-hybridized carbons (Fsp3) is 0.200. The van der Waals surface area contributed by atoms with E-state index in [-0.39, 0.29) is 5.15 Å². The molecule has 0 bridgehead atoms. The van der Waals surface area contributed by atoms with Gasteiger partial charge < -0.3 is 0 Å². The van der Waals surface area contributed by atoms with E-state index in [2.05, 4.69) is 10.1 Å². The Morgan fingerprint density at radius 3 is 2.62 bits per heavy atom. The van der Waals surface area contributed by atoms with Crippen molar-refractivity contribution in [1.82, 2.24) is 14.6 Å². The minimum atomic E-state index is -0.508. The highest BCUT2D eigenvalue weighted by Gasteiger charge is 2.10. The molecule has 0 saturated carbocycles. The molecule has 2 aromatic heterocycles. The molecule has 0 aliphatic carbocycles. The summed E-state index contributed by atoms with van der Waals surface area (Å²) in [5, 5.41) is 4.90. The first-order valence-corrected chi connectivity index (χ1v) is 7.32. The minimum absolute atomic E-state index is 0.265. The van der Waals surface area contributed by atoms with Crippen molar-refractivity contribution in [1.29, 1.82) is 0 Å². The fourth-order valence-electron chi connectivity index (χ4n) is 2.29. The number of fused-ring (bicyclic) bond motifs is 1. The number of hydrogen-bond acceptors (Lipinski definition) is 2. The molecule has 0 amide bonds. The second-order valence-corrected chi connectivity index (χ2v) is 5.61. The number of halogens is 3. The average Bonchev–Trinajstić information content (AvgIpc) is 2.83. The van der Waals surface area contributed by atoms with Crippen LogP contribution in [0.4, 0.5) is 4.39 Å². The predicted octanol–water partition coefficient (Wildman–Crippen LogP) is 4.35. The molecule has 0 spiro atoms.